The van der Waals surface area contributed by atoms with E-state index in [-0.39, 0.29) is 19.5 Å². The number of allylic oxidation sites excluding steroid dienone is 1. The van der Waals surface area contributed by atoms with Gasteiger partial charge < -0.3 is 0 Å². The first-order valence-corrected chi connectivity index (χ1v) is 2.52. The molecule has 0 aromatic rings. The van der Waals surface area contributed by atoms with Crippen molar-refractivity contribution in [3.63, 3.8) is 0 Å². The molecule has 0 aromatic heterocycles. The van der Waals surface area contributed by atoms with E-state index in [0.717, 1.165) is 0 Å². The fraction of sp³-hybridized carbons (Fsp3) is 0.667. The second kappa shape index (κ2) is 9.61. The van der Waals surface area contributed by atoms with Gasteiger partial charge in [0.2, 0.25) is 0 Å². The molecular formula is C6H12Ru. The molecule has 0 saturated heterocycles. The van der Waals surface area contributed by atoms with Crippen molar-refractivity contribution >= 4 is 0 Å². The minimum absolute atomic E-state index is 0. The number of rotatable bonds is 3. The molecule has 0 atom stereocenters. The van der Waals surface area contributed by atoms with E-state index in [2.05, 4.69) is 13.5 Å². The first kappa shape index (κ1) is 10.4. The molecule has 44 valence electrons. The molecule has 0 rings (SSSR count). The predicted molar refractivity (Wildman–Crippen MR) is 29.7 cm³/mol. The fourth-order valence-corrected chi connectivity index (χ4v) is 0.348. The second-order valence-corrected chi connectivity index (χ2v) is 1.43. The van der Waals surface area contributed by atoms with Crippen LogP contribution >= 0.6 is 0 Å². The first-order chi connectivity index (χ1) is 2.91. The minimum atomic E-state index is 0. The summed E-state index contributed by atoms with van der Waals surface area (Å²) in [6, 6.07) is 0. The van der Waals surface area contributed by atoms with Crippen molar-refractivity contribution in [1.82, 2.24) is 0 Å². The van der Waals surface area contributed by atoms with E-state index in [1.54, 1.807) is 0 Å². The topological polar surface area (TPSA) is 0 Å². The van der Waals surface area contributed by atoms with E-state index in [9.17, 15) is 0 Å². The molecule has 0 aromatic carbocycles. The van der Waals surface area contributed by atoms with Crippen LogP contribution in [0.25, 0.3) is 0 Å². The van der Waals surface area contributed by atoms with Gasteiger partial charge in [-0.15, -0.1) is 6.58 Å². The molecule has 0 heterocycles. The van der Waals surface area contributed by atoms with Gasteiger partial charge in [0.05, 0.1) is 0 Å². The van der Waals surface area contributed by atoms with Crippen LogP contribution in [0.1, 0.15) is 26.2 Å². The predicted octanol–water partition coefficient (Wildman–Crippen LogP) is 2.36. The SMILES string of the molecule is C=CCCCC.[Ru]. The molecule has 0 bridgehead atoms. The first-order valence-electron chi connectivity index (χ1n) is 2.52. The van der Waals surface area contributed by atoms with E-state index in [4.69, 9.17) is 0 Å². The molecule has 0 N–H and O–H groups in total. The molecule has 0 aliphatic rings. The number of unbranched alkanes of at least 4 members (excludes halogenated alkanes) is 2. The largest absolute Gasteiger partial charge is 0.103 e. The van der Waals surface area contributed by atoms with Gasteiger partial charge in [-0.25, -0.2) is 0 Å². The quantitative estimate of drug-likeness (QED) is 0.360. The fourth-order valence-electron chi connectivity index (χ4n) is 0.348. The van der Waals surface area contributed by atoms with Crippen molar-refractivity contribution in [3.8, 4) is 0 Å². The van der Waals surface area contributed by atoms with Crippen LogP contribution in [0.2, 0.25) is 0 Å². The summed E-state index contributed by atoms with van der Waals surface area (Å²) in [6.07, 6.45) is 5.72. The van der Waals surface area contributed by atoms with Gasteiger partial charge in [0, 0.05) is 19.5 Å². The van der Waals surface area contributed by atoms with Crippen LogP contribution in [0.5, 0.6) is 0 Å². The Balaban J connectivity index is 0. The Bertz CT molecular complexity index is 33.2. The summed E-state index contributed by atoms with van der Waals surface area (Å²) >= 11 is 0. The Morgan fingerprint density at radius 2 is 2.14 bits per heavy atom. The molecule has 0 nitrogen and oxygen atoms in total. The van der Waals surface area contributed by atoms with Gasteiger partial charge in [-0.1, -0.05) is 25.8 Å². The average Bonchev–Trinajstić information content (AvgIpc) is 1.61. The molecule has 0 fully saturated rings. The molecule has 0 unspecified atom stereocenters. The monoisotopic (exact) mass is 186 g/mol. The third-order valence-corrected chi connectivity index (χ3v) is 0.762. The maximum atomic E-state index is 3.60. The third-order valence-electron chi connectivity index (χ3n) is 0.762. The molecular weight excluding hydrogens is 173 g/mol. The van der Waals surface area contributed by atoms with Crippen LogP contribution in [-0.4, -0.2) is 0 Å². The average molecular weight is 185 g/mol. The normalized spacial score (nSPS) is 7.00. The van der Waals surface area contributed by atoms with Gasteiger partial charge in [0.15, 0.2) is 0 Å². The molecule has 0 aliphatic heterocycles. The van der Waals surface area contributed by atoms with E-state index in [0.29, 0.717) is 0 Å². The van der Waals surface area contributed by atoms with Crippen LogP contribution in [0.15, 0.2) is 12.7 Å². The van der Waals surface area contributed by atoms with Crippen LogP contribution < -0.4 is 0 Å². The molecule has 0 aliphatic carbocycles. The van der Waals surface area contributed by atoms with Crippen LogP contribution in [0.3, 0.4) is 0 Å². The summed E-state index contributed by atoms with van der Waals surface area (Å²) in [5.41, 5.74) is 0. The Labute approximate surface area is 58.8 Å². The van der Waals surface area contributed by atoms with Crippen molar-refractivity contribution in [3.05, 3.63) is 12.7 Å². The molecule has 0 spiro atoms. The van der Waals surface area contributed by atoms with Crippen molar-refractivity contribution < 1.29 is 19.5 Å². The zero-order chi connectivity index (χ0) is 4.83. The Kier molecular flexibility index (Phi) is 14.2. The molecule has 0 amide bonds. The summed E-state index contributed by atoms with van der Waals surface area (Å²) in [7, 11) is 0. The zero-order valence-electron chi connectivity index (χ0n) is 4.76. The Morgan fingerprint density at radius 1 is 1.57 bits per heavy atom. The van der Waals surface area contributed by atoms with Crippen LogP contribution in [0, 0.1) is 0 Å². The van der Waals surface area contributed by atoms with Gasteiger partial charge in [-0.05, 0) is 6.42 Å². The molecule has 0 saturated carbocycles. The van der Waals surface area contributed by atoms with E-state index >= 15 is 0 Å². The van der Waals surface area contributed by atoms with Gasteiger partial charge in [0.1, 0.15) is 0 Å². The van der Waals surface area contributed by atoms with Crippen LogP contribution in [-0.2, 0) is 19.5 Å². The van der Waals surface area contributed by atoms with Gasteiger partial charge in [0.25, 0.3) is 0 Å². The molecule has 0 radical (unpaired) electrons. The minimum Gasteiger partial charge on any atom is -0.103 e. The Morgan fingerprint density at radius 3 is 2.29 bits per heavy atom. The van der Waals surface area contributed by atoms with Gasteiger partial charge >= 0.3 is 0 Å². The van der Waals surface area contributed by atoms with Crippen molar-refractivity contribution in [2.45, 2.75) is 26.2 Å². The van der Waals surface area contributed by atoms with E-state index in [1.165, 1.54) is 19.3 Å². The van der Waals surface area contributed by atoms with E-state index < -0.39 is 0 Å². The summed E-state index contributed by atoms with van der Waals surface area (Å²) in [6.45, 7) is 5.78. The van der Waals surface area contributed by atoms with E-state index in [1.807, 2.05) is 6.08 Å². The Hall–Kier alpha value is 0.363. The van der Waals surface area contributed by atoms with Crippen molar-refractivity contribution in [1.29, 1.82) is 0 Å². The maximum absolute atomic E-state index is 3.60. The van der Waals surface area contributed by atoms with Crippen molar-refractivity contribution in [2.24, 2.45) is 0 Å². The third kappa shape index (κ3) is 10.7. The molecule has 1 heteroatoms. The number of hydrogen-bond acceptors (Lipinski definition) is 0. The number of hydrogen-bond donors (Lipinski definition) is 0. The second-order valence-electron chi connectivity index (χ2n) is 1.43. The van der Waals surface area contributed by atoms with Crippen LogP contribution in [0.4, 0.5) is 0 Å². The summed E-state index contributed by atoms with van der Waals surface area (Å²) in [5, 5.41) is 0. The summed E-state index contributed by atoms with van der Waals surface area (Å²) < 4.78 is 0. The summed E-state index contributed by atoms with van der Waals surface area (Å²) in [5.74, 6) is 0. The zero-order valence-corrected chi connectivity index (χ0v) is 6.50. The summed E-state index contributed by atoms with van der Waals surface area (Å²) in [4.78, 5) is 0. The van der Waals surface area contributed by atoms with Gasteiger partial charge in [-0.3, -0.25) is 0 Å². The standard InChI is InChI=1S/C6H12.Ru/c1-3-5-6-4-2;/h3H,1,4-6H2,2H3;. The molecule has 7 heavy (non-hydrogen) atoms. The maximum Gasteiger partial charge on any atom is 0 e. The smallest absolute Gasteiger partial charge is 0 e. The van der Waals surface area contributed by atoms with Crippen molar-refractivity contribution in [2.75, 3.05) is 0 Å². The van der Waals surface area contributed by atoms with Gasteiger partial charge in [-0.2, -0.15) is 0 Å².